The zero-order chi connectivity index (χ0) is 20.6. The number of aliphatic imine (C=N–C) groups is 1. The highest BCUT2D eigenvalue weighted by Gasteiger charge is 2.13. The van der Waals surface area contributed by atoms with E-state index in [0.29, 0.717) is 25.4 Å². The molecule has 1 aliphatic heterocycles. The van der Waals surface area contributed by atoms with Crippen LogP contribution < -0.4 is 24.8 Å². The molecule has 3 aromatic rings. The minimum Gasteiger partial charge on any atom is -0.492 e. The summed E-state index contributed by atoms with van der Waals surface area (Å²) in [5, 5.41) is 10.9. The van der Waals surface area contributed by atoms with E-state index >= 15 is 0 Å². The lowest BCUT2D eigenvalue weighted by Gasteiger charge is -2.15. The molecule has 164 valence electrons. The third kappa shape index (κ3) is 6.27. The van der Waals surface area contributed by atoms with Crippen LogP contribution in [0.5, 0.6) is 17.2 Å². The van der Waals surface area contributed by atoms with E-state index in [1.165, 1.54) is 11.1 Å². The predicted molar refractivity (Wildman–Crippen MR) is 129 cm³/mol. The van der Waals surface area contributed by atoms with Crippen LogP contribution in [0.25, 0.3) is 0 Å². The van der Waals surface area contributed by atoms with Crippen molar-refractivity contribution < 1.29 is 14.2 Å². The quantitative estimate of drug-likeness (QED) is 0.200. The second-order valence-electron chi connectivity index (χ2n) is 6.69. The lowest BCUT2D eigenvalue weighted by Crippen LogP contribution is -2.39. The molecule has 1 aliphatic rings. The van der Waals surface area contributed by atoms with Gasteiger partial charge in [-0.25, -0.2) is 0 Å². The average Bonchev–Trinajstić information content (AvgIpc) is 3.45. The summed E-state index contributed by atoms with van der Waals surface area (Å²) < 4.78 is 18.4. The molecule has 2 N–H and O–H groups in total. The topological polar surface area (TPSA) is 81.9 Å². The molecule has 2 heterocycles. The molecule has 31 heavy (non-hydrogen) atoms. The summed E-state index contributed by atoms with van der Waals surface area (Å²) in [6.07, 6.45) is 3.75. The van der Waals surface area contributed by atoms with Crippen molar-refractivity contribution in [3.05, 3.63) is 72.1 Å². The molecule has 4 rings (SSSR count). The predicted octanol–water partition coefficient (Wildman–Crippen LogP) is 3.02. The van der Waals surface area contributed by atoms with Crippen molar-refractivity contribution in [1.29, 1.82) is 0 Å². The van der Waals surface area contributed by atoms with Gasteiger partial charge in [0.25, 0.3) is 0 Å². The van der Waals surface area contributed by atoms with Crippen molar-refractivity contribution in [3.63, 3.8) is 0 Å². The Labute approximate surface area is 198 Å². The summed E-state index contributed by atoms with van der Waals surface area (Å²) in [5.74, 6) is 2.93. The van der Waals surface area contributed by atoms with E-state index in [-0.39, 0.29) is 30.8 Å². The van der Waals surface area contributed by atoms with Crippen molar-refractivity contribution in [1.82, 2.24) is 20.4 Å². The molecule has 8 nitrogen and oxygen atoms in total. The molecule has 0 saturated heterocycles. The number of benzene rings is 2. The van der Waals surface area contributed by atoms with Crippen molar-refractivity contribution in [2.75, 3.05) is 27.0 Å². The number of fused-ring (bicyclic) bond motifs is 1. The largest absolute Gasteiger partial charge is 0.492 e. The molecule has 2 aromatic carbocycles. The SMILES string of the molecule is CN=C(NCCOc1ccc2c(c1)OCO2)NCc1ccccc1Cn1cccn1.I. The summed E-state index contributed by atoms with van der Waals surface area (Å²) >= 11 is 0. The van der Waals surface area contributed by atoms with Gasteiger partial charge in [0.15, 0.2) is 17.5 Å². The zero-order valence-corrected chi connectivity index (χ0v) is 19.6. The number of hydrogen-bond acceptors (Lipinski definition) is 5. The monoisotopic (exact) mass is 535 g/mol. The Morgan fingerprint density at radius 3 is 2.74 bits per heavy atom. The van der Waals surface area contributed by atoms with Gasteiger partial charge in [-0.2, -0.15) is 5.10 Å². The van der Waals surface area contributed by atoms with Crippen LogP contribution in [-0.4, -0.2) is 42.7 Å². The van der Waals surface area contributed by atoms with E-state index in [2.05, 4.69) is 32.9 Å². The fourth-order valence-electron chi connectivity index (χ4n) is 3.16. The van der Waals surface area contributed by atoms with E-state index in [0.717, 1.165) is 24.0 Å². The Morgan fingerprint density at radius 1 is 1.10 bits per heavy atom. The van der Waals surface area contributed by atoms with Gasteiger partial charge in [-0.1, -0.05) is 24.3 Å². The van der Waals surface area contributed by atoms with Gasteiger partial charge >= 0.3 is 0 Å². The highest BCUT2D eigenvalue weighted by molar-refractivity contribution is 14.0. The van der Waals surface area contributed by atoms with Crippen LogP contribution in [0.15, 0.2) is 65.9 Å². The Kier molecular flexibility index (Phi) is 8.39. The van der Waals surface area contributed by atoms with Crippen LogP contribution in [0, 0.1) is 0 Å². The van der Waals surface area contributed by atoms with E-state index in [1.807, 2.05) is 47.3 Å². The Hall–Kier alpha value is -2.95. The molecule has 0 fully saturated rings. The molecule has 0 aliphatic carbocycles. The maximum absolute atomic E-state index is 5.78. The second kappa shape index (κ2) is 11.4. The van der Waals surface area contributed by atoms with Crippen LogP contribution >= 0.6 is 24.0 Å². The minimum absolute atomic E-state index is 0. The molecule has 1 aromatic heterocycles. The molecule has 9 heteroatoms. The molecule has 0 spiro atoms. The number of hydrogen-bond donors (Lipinski definition) is 2. The van der Waals surface area contributed by atoms with Gasteiger partial charge in [-0.05, 0) is 29.3 Å². The molecular formula is C22H26IN5O3. The normalized spacial score (nSPS) is 12.2. The Morgan fingerprint density at radius 2 is 1.94 bits per heavy atom. The van der Waals surface area contributed by atoms with Crippen LogP contribution in [0.2, 0.25) is 0 Å². The van der Waals surface area contributed by atoms with E-state index in [4.69, 9.17) is 14.2 Å². The molecule has 0 amide bonds. The fourth-order valence-corrected chi connectivity index (χ4v) is 3.16. The first-order valence-electron chi connectivity index (χ1n) is 9.83. The number of halogens is 1. The molecule has 0 saturated carbocycles. The third-order valence-electron chi connectivity index (χ3n) is 4.69. The highest BCUT2D eigenvalue weighted by atomic mass is 127. The molecule has 0 atom stereocenters. The van der Waals surface area contributed by atoms with Crippen LogP contribution in [0.4, 0.5) is 0 Å². The summed E-state index contributed by atoms with van der Waals surface area (Å²) in [6.45, 7) is 2.77. The van der Waals surface area contributed by atoms with Gasteiger partial charge in [0.05, 0.1) is 13.1 Å². The van der Waals surface area contributed by atoms with Crippen LogP contribution in [-0.2, 0) is 13.1 Å². The molecular weight excluding hydrogens is 509 g/mol. The lowest BCUT2D eigenvalue weighted by atomic mass is 10.1. The summed E-state index contributed by atoms with van der Waals surface area (Å²) in [7, 11) is 1.75. The van der Waals surface area contributed by atoms with E-state index in [1.54, 1.807) is 13.2 Å². The van der Waals surface area contributed by atoms with Gasteiger partial charge in [0.1, 0.15) is 12.4 Å². The molecule has 0 unspecified atom stereocenters. The highest BCUT2D eigenvalue weighted by Crippen LogP contribution is 2.34. The summed E-state index contributed by atoms with van der Waals surface area (Å²) in [4.78, 5) is 4.29. The minimum atomic E-state index is 0. The standard InChI is InChI=1S/C22H25N5O3.HI/c1-23-22(24-10-12-28-19-7-8-20-21(13-19)30-16-29-20)25-14-17-5-2-3-6-18(17)15-27-11-4-9-26-27;/h2-9,11,13H,10,12,14-16H2,1H3,(H2,23,24,25);1H. The van der Waals surface area contributed by atoms with Crippen molar-refractivity contribution in [2.45, 2.75) is 13.1 Å². The number of nitrogens with one attached hydrogen (secondary N) is 2. The average molecular weight is 535 g/mol. The van der Waals surface area contributed by atoms with Gasteiger partial charge in [-0.3, -0.25) is 9.67 Å². The van der Waals surface area contributed by atoms with Gasteiger partial charge < -0.3 is 24.8 Å². The van der Waals surface area contributed by atoms with Crippen LogP contribution in [0.1, 0.15) is 11.1 Å². The first kappa shape index (κ1) is 22.7. The third-order valence-corrected chi connectivity index (χ3v) is 4.69. The molecule has 0 radical (unpaired) electrons. The number of guanidine groups is 1. The summed E-state index contributed by atoms with van der Waals surface area (Å²) in [5.41, 5.74) is 2.42. The van der Waals surface area contributed by atoms with Gasteiger partial charge in [-0.15, -0.1) is 24.0 Å². The van der Waals surface area contributed by atoms with Crippen molar-refractivity contribution in [2.24, 2.45) is 4.99 Å². The summed E-state index contributed by atoms with van der Waals surface area (Å²) in [6, 6.07) is 15.8. The first-order valence-corrected chi connectivity index (χ1v) is 9.83. The smallest absolute Gasteiger partial charge is 0.231 e. The van der Waals surface area contributed by atoms with Crippen molar-refractivity contribution in [3.8, 4) is 17.2 Å². The van der Waals surface area contributed by atoms with E-state index < -0.39 is 0 Å². The number of rotatable bonds is 8. The Balaban J connectivity index is 0.00000272. The fraction of sp³-hybridized carbons (Fsp3) is 0.273. The second-order valence-corrected chi connectivity index (χ2v) is 6.69. The van der Waals surface area contributed by atoms with Crippen molar-refractivity contribution >= 4 is 29.9 Å². The van der Waals surface area contributed by atoms with Gasteiger partial charge in [0.2, 0.25) is 6.79 Å². The number of nitrogens with zero attached hydrogens (tertiary/aromatic N) is 3. The van der Waals surface area contributed by atoms with Crippen LogP contribution in [0.3, 0.4) is 0 Å². The molecule has 0 bridgehead atoms. The lowest BCUT2D eigenvalue weighted by molar-refractivity contribution is 0.173. The Bertz CT molecular complexity index is 995. The maximum Gasteiger partial charge on any atom is 0.231 e. The number of ether oxygens (including phenoxy) is 3. The first-order chi connectivity index (χ1) is 14.8. The zero-order valence-electron chi connectivity index (χ0n) is 17.3. The maximum atomic E-state index is 5.78. The number of aromatic nitrogens is 2. The van der Waals surface area contributed by atoms with E-state index in [9.17, 15) is 0 Å². The van der Waals surface area contributed by atoms with Gasteiger partial charge in [0, 0.05) is 32.1 Å².